The molecule has 3 rings (SSSR count). The molecule has 2 unspecified atom stereocenters. The van der Waals surface area contributed by atoms with Gasteiger partial charge in [0.1, 0.15) is 18.5 Å². The molecule has 1 aromatic carbocycles. The third-order valence-corrected chi connectivity index (χ3v) is 4.28. The van der Waals surface area contributed by atoms with Crippen molar-refractivity contribution in [3.05, 3.63) is 42.0 Å². The number of hydrogen-bond acceptors (Lipinski definition) is 5. The molecule has 9 nitrogen and oxygen atoms in total. The summed E-state index contributed by atoms with van der Waals surface area (Å²) in [5.41, 5.74) is 0.683. The molecule has 144 valence electrons. The summed E-state index contributed by atoms with van der Waals surface area (Å²) in [6.45, 7) is 2.73. The number of rotatable bonds is 6. The Morgan fingerprint density at radius 1 is 1.33 bits per heavy atom. The summed E-state index contributed by atoms with van der Waals surface area (Å²) in [6, 6.07) is 7.76. The summed E-state index contributed by atoms with van der Waals surface area (Å²) in [5.74, 6) is 1.02. The number of aryl methyl sites for hydroxylation is 1. The molecule has 0 radical (unpaired) electrons. The minimum absolute atomic E-state index is 0.249. The van der Waals surface area contributed by atoms with Crippen LogP contribution in [-0.2, 0) is 22.7 Å². The molecule has 0 fully saturated rings. The largest absolute Gasteiger partial charge is 0.377 e. The Hall–Kier alpha value is -2.94. The number of ether oxygens (including phenoxy) is 1. The van der Waals surface area contributed by atoms with E-state index in [0.29, 0.717) is 23.9 Å². The molecular formula is C18H24N6O3. The van der Waals surface area contributed by atoms with E-state index in [9.17, 15) is 9.59 Å². The quantitative estimate of drug-likeness (QED) is 0.713. The number of carbonyl (C=O) groups is 2. The van der Waals surface area contributed by atoms with Crippen molar-refractivity contribution in [1.82, 2.24) is 25.4 Å². The monoisotopic (exact) mass is 372 g/mol. The van der Waals surface area contributed by atoms with Gasteiger partial charge in [0, 0.05) is 19.3 Å². The van der Waals surface area contributed by atoms with Gasteiger partial charge in [0.2, 0.25) is 5.91 Å². The molecule has 2 heterocycles. The van der Waals surface area contributed by atoms with Gasteiger partial charge in [-0.25, -0.2) is 14.5 Å². The van der Waals surface area contributed by atoms with Crippen LogP contribution in [0.2, 0.25) is 0 Å². The summed E-state index contributed by atoms with van der Waals surface area (Å²) in [5, 5.41) is 12.7. The lowest BCUT2D eigenvalue weighted by Crippen LogP contribution is -2.48. The maximum absolute atomic E-state index is 12.3. The predicted octanol–water partition coefficient (Wildman–Crippen LogP) is 1.59. The Kier molecular flexibility index (Phi) is 6.02. The van der Waals surface area contributed by atoms with Crippen LogP contribution in [0.3, 0.4) is 0 Å². The molecule has 27 heavy (non-hydrogen) atoms. The number of nitrogens with zero attached hydrogens (tertiary/aromatic N) is 3. The van der Waals surface area contributed by atoms with Crippen molar-refractivity contribution in [1.29, 1.82) is 0 Å². The SMILES string of the molecule is COCc1nc2n(n1)CCCC2NC(=O)NC(C)C(=O)Nc1ccccc1. The first-order valence-electron chi connectivity index (χ1n) is 8.92. The van der Waals surface area contributed by atoms with Crippen molar-refractivity contribution in [3.63, 3.8) is 0 Å². The number of anilines is 1. The minimum atomic E-state index is -0.685. The van der Waals surface area contributed by atoms with Gasteiger partial charge in [0.25, 0.3) is 0 Å². The molecule has 3 N–H and O–H groups in total. The van der Waals surface area contributed by atoms with Gasteiger partial charge in [-0.15, -0.1) is 0 Å². The van der Waals surface area contributed by atoms with Gasteiger partial charge < -0.3 is 20.7 Å². The first-order valence-corrected chi connectivity index (χ1v) is 8.92. The number of aromatic nitrogens is 3. The molecule has 1 aliphatic heterocycles. The van der Waals surface area contributed by atoms with E-state index in [1.807, 2.05) is 18.2 Å². The maximum Gasteiger partial charge on any atom is 0.316 e. The highest BCUT2D eigenvalue weighted by atomic mass is 16.5. The minimum Gasteiger partial charge on any atom is -0.377 e. The van der Waals surface area contributed by atoms with E-state index in [1.165, 1.54) is 0 Å². The average molecular weight is 372 g/mol. The molecule has 1 aliphatic rings. The Morgan fingerprint density at radius 3 is 2.85 bits per heavy atom. The zero-order chi connectivity index (χ0) is 19.2. The second-order valence-electron chi connectivity index (χ2n) is 6.43. The van der Waals surface area contributed by atoms with Crippen molar-refractivity contribution >= 4 is 17.6 Å². The topological polar surface area (TPSA) is 110 Å². The molecule has 0 spiro atoms. The van der Waals surface area contributed by atoms with Gasteiger partial charge in [0.05, 0.1) is 6.04 Å². The van der Waals surface area contributed by atoms with Gasteiger partial charge in [0.15, 0.2) is 5.82 Å². The van der Waals surface area contributed by atoms with Crippen LogP contribution in [0.4, 0.5) is 10.5 Å². The highest BCUT2D eigenvalue weighted by Gasteiger charge is 2.26. The van der Waals surface area contributed by atoms with E-state index in [2.05, 4.69) is 26.0 Å². The summed E-state index contributed by atoms with van der Waals surface area (Å²) >= 11 is 0. The van der Waals surface area contributed by atoms with Crippen LogP contribution in [-0.4, -0.2) is 39.9 Å². The molecule has 2 aromatic rings. The van der Waals surface area contributed by atoms with Gasteiger partial charge >= 0.3 is 6.03 Å². The molecule has 1 aromatic heterocycles. The number of para-hydroxylation sites is 1. The van der Waals surface area contributed by atoms with Crippen molar-refractivity contribution in [2.75, 3.05) is 12.4 Å². The van der Waals surface area contributed by atoms with Crippen molar-refractivity contribution in [2.24, 2.45) is 0 Å². The van der Waals surface area contributed by atoms with Crippen LogP contribution in [0, 0.1) is 0 Å². The zero-order valence-electron chi connectivity index (χ0n) is 15.4. The number of amides is 3. The zero-order valence-corrected chi connectivity index (χ0v) is 15.4. The van der Waals surface area contributed by atoms with Gasteiger partial charge in [-0.05, 0) is 31.9 Å². The van der Waals surface area contributed by atoms with Crippen LogP contribution < -0.4 is 16.0 Å². The molecule has 3 amide bonds. The first kappa shape index (κ1) is 18.8. The smallest absolute Gasteiger partial charge is 0.316 e. The summed E-state index contributed by atoms with van der Waals surface area (Å²) in [4.78, 5) is 29.0. The lowest BCUT2D eigenvalue weighted by molar-refractivity contribution is -0.117. The highest BCUT2D eigenvalue weighted by molar-refractivity contribution is 5.96. The van der Waals surface area contributed by atoms with Crippen LogP contribution in [0.15, 0.2) is 30.3 Å². The number of methoxy groups -OCH3 is 1. The van der Waals surface area contributed by atoms with Gasteiger partial charge in [-0.1, -0.05) is 18.2 Å². The molecular weight excluding hydrogens is 348 g/mol. The fraction of sp³-hybridized carbons (Fsp3) is 0.444. The van der Waals surface area contributed by atoms with Crippen LogP contribution in [0.1, 0.15) is 37.5 Å². The van der Waals surface area contributed by atoms with E-state index in [1.54, 1.807) is 30.8 Å². The van der Waals surface area contributed by atoms with E-state index in [0.717, 1.165) is 19.4 Å². The van der Waals surface area contributed by atoms with Gasteiger partial charge in [-0.3, -0.25) is 4.79 Å². The van der Waals surface area contributed by atoms with Crippen LogP contribution in [0.5, 0.6) is 0 Å². The molecule has 0 aliphatic carbocycles. The predicted molar refractivity (Wildman–Crippen MR) is 98.9 cm³/mol. The van der Waals surface area contributed by atoms with Gasteiger partial charge in [-0.2, -0.15) is 5.10 Å². The maximum atomic E-state index is 12.3. The van der Waals surface area contributed by atoms with Crippen molar-refractivity contribution in [2.45, 2.75) is 45.0 Å². The number of hydrogen-bond donors (Lipinski definition) is 3. The normalized spacial score (nSPS) is 16.9. The number of carbonyl (C=O) groups excluding carboxylic acids is 2. The molecule has 2 atom stereocenters. The van der Waals surface area contributed by atoms with Crippen molar-refractivity contribution < 1.29 is 14.3 Å². The second-order valence-corrected chi connectivity index (χ2v) is 6.43. The Morgan fingerprint density at radius 2 is 2.11 bits per heavy atom. The van der Waals surface area contributed by atoms with E-state index in [-0.39, 0.29) is 11.9 Å². The Bertz CT molecular complexity index is 792. The van der Waals surface area contributed by atoms with E-state index >= 15 is 0 Å². The Labute approximate surface area is 157 Å². The number of urea groups is 1. The first-order chi connectivity index (χ1) is 13.1. The molecule has 9 heteroatoms. The second kappa shape index (κ2) is 8.63. The number of fused-ring (bicyclic) bond motifs is 1. The lowest BCUT2D eigenvalue weighted by Gasteiger charge is -2.24. The Balaban J connectivity index is 1.56. The summed E-state index contributed by atoms with van der Waals surface area (Å²) in [7, 11) is 1.59. The van der Waals surface area contributed by atoms with E-state index in [4.69, 9.17) is 4.74 Å². The average Bonchev–Trinajstić information content (AvgIpc) is 3.06. The standard InChI is InChI=1S/C18H24N6O3/c1-12(17(25)20-13-7-4-3-5-8-13)19-18(26)21-14-9-6-10-24-16(14)22-15(23-24)11-27-2/h3-5,7-8,12,14H,6,9-11H2,1-2H3,(H,20,25)(H2,19,21,26). The third-order valence-electron chi connectivity index (χ3n) is 4.28. The van der Waals surface area contributed by atoms with E-state index < -0.39 is 12.1 Å². The fourth-order valence-corrected chi connectivity index (χ4v) is 2.96. The third kappa shape index (κ3) is 4.82. The summed E-state index contributed by atoms with van der Waals surface area (Å²) in [6.07, 6.45) is 1.65. The van der Waals surface area contributed by atoms with Crippen LogP contribution in [0.25, 0.3) is 0 Å². The molecule has 0 bridgehead atoms. The molecule has 0 saturated carbocycles. The fourth-order valence-electron chi connectivity index (χ4n) is 2.96. The number of nitrogens with one attached hydrogen (secondary N) is 3. The molecule has 0 saturated heterocycles. The highest BCUT2D eigenvalue weighted by Crippen LogP contribution is 2.23. The van der Waals surface area contributed by atoms with Crippen molar-refractivity contribution in [3.8, 4) is 0 Å². The number of benzene rings is 1. The lowest BCUT2D eigenvalue weighted by atomic mass is 10.1. The van der Waals surface area contributed by atoms with Crippen LogP contribution >= 0.6 is 0 Å². The summed E-state index contributed by atoms with van der Waals surface area (Å²) < 4.78 is 6.87.